The third-order valence-corrected chi connectivity index (χ3v) is 4.98. The summed E-state index contributed by atoms with van der Waals surface area (Å²) in [5.74, 6) is -2.31. The lowest BCUT2D eigenvalue weighted by Crippen LogP contribution is -2.03. The minimum atomic E-state index is -0.909. The van der Waals surface area contributed by atoms with Gasteiger partial charge in [0.2, 0.25) is 0 Å². The molecule has 24 heavy (non-hydrogen) atoms. The highest BCUT2D eigenvalue weighted by Gasteiger charge is 2.20. The number of benzene rings is 2. The van der Waals surface area contributed by atoms with Crippen LogP contribution >= 0.6 is 27.3 Å². The van der Waals surface area contributed by atoms with Gasteiger partial charge in [-0.1, -0.05) is 34.1 Å². The molecule has 0 fully saturated rings. The fourth-order valence-electron chi connectivity index (χ4n) is 2.44. The zero-order chi connectivity index (χ0) is 17.3. The van der Waals surface area contributed by atoms with Crippen LogP contribution in [0.3, 0.4) is 0 Å². The van der Waals surface area contributed by atoms with Crippen LogP contribution in [0.2, 0.25) is 0 Å². The van der Waals surface area contributed by atoms with Crippen molar-refractivity contribution in [2.75, 3.05) is 7.11 Å². The van der Waals surface area contributed by atoms with Crippen molar-refractivity contribution in [1.82, 2.24) is 0 Å². The van der Waals surface area contributed by atoms with E-state index in [0.717, 1.165) is 10.5 Å². The molecule has 0 bridgehead atoms. The predicted octanol–water partition coefficient (Wildman–Crippen LogP) is 5.91. The lowest BCUT2D eigenvalue weighted by Gasteiger charge is -2.10. The molecule has 1 aromatic heterocycles. The van der Waals surface area contributed by atoms with Gasteiger partial charge >= 0.3 is 5.97 Å². The maximum Gasteiger partial charge on any atom is 0.338 e. The molecule has 0 unspecified atom stereocenters. The highest BCUT2D eigenvalue weighted by molar-refractivity contribution is 9.10. The van der Waals surface area contributed by atoms with Gasteiger partial charge in [-0.3, -0.25) is 0 Å². The summed E-state index contributed by atoms with van der Waals surface area (Å²) in [6.07, 6.45) is 0. The summed E-state index contributed by atoms with van der Waals surface area (Å²) in [5.41, 5.74) is 1.65. The minimum Gasteiger partial charge on any atom is -0.465 e. The molecule has 2 nitrogen and oxygen atoms in total. The van der Waals surface area contributed by atoms with E-state index >= 15 is 0 Å². The smallest absolute Gasteiger partial charge is 0.338 e. The SMILES string of the molecule is COC(=O)c1cc(Br)ccc1-c1sccc1-c1cccc(F)c1F. The molecule has 0 saturated heterocycles. The molecule has 0 atom stereocenters. The van der Waals surface area contributed by atoms with Gasteiger partial charge in [-0.2, -0.15) is 0 Å². The van der Waals surface area contributed by atoms with E-state index in [-0.39, 0.29) is 5.56 Å². The number of ether oxygens (including phenoxy) is 1. The zero-order valence-corrected chi connectivity index (χ0v) is 14.9. The third-order valence-electron chi connectivity index (χ3n) is 3.54. The number of esters is 1. The maximum absolute atomic E-state index is 14.2. The largest absolute Gasteiger partial charge is 0.465 e. The standard InChI is InChI=1S/C18H11BrF2O2S/c1-23-18(22)14-9-10(19)5-6-12(14)17-13(7-8-24-17)11-3-2-4-15(20)16(11)21/h2-9H,1H3. The van der Waals surface area contributed by atoms with Gasteiger partial charge in [0.15, 0.2) is 11.6 Å². The zero-order valence-electron chi connectivity index (χ0n) is 12.5. The van der Waals surface area contributed by atoms with Gasteiger partial charge < -0.3 is 4.74 Å². The average molecular weight is 409 g/mol. The molecular weight excluding hydrogens is 398 g/mol. The van der Waals surface area contributed by atoms with E-state index < -0.39 is 17.6 Å². The lowest BCUT2D eigenvalue weighted by molar-refractivity contribution is 0.0601. The summed E-state index contributed by atoms with van der Waals surface area (Å²) in [7, 11) is 1.30. The molecular formula is C18H11BrF2O2S. The van der Waals surface area contributed by atoms with E-state index in [9.17, 15) is 13.6 Å². The molecule has 0 saturated carbocycles. The number of hydrogen-bond donors (Lipinski definition) is 0. The summed E-state index contributed by atoms with van der Waals surface area (Å²) in [4.78, 5) is 12.8. The molecule has 0 aliphatic heterocycles. The molecule has 0 N–H and O–H groups in total. The Hall–Kier alpha value is -2.05. The van der Waals surface area contributed by atoms with Crippen molar-refractivity contribution < 1.29 is 18.3 Å². The van der Waals surface area contributed by atoms with E-state index in [1.807, 2.05) is 0 Å². The maximum atomic E-state index is 14.2. The second kappa shape index (κ2) is 6.83. The third kappa shape index (κ3) is 2.99. The molecule has 2 aromatic carbocycles. The highest BCUT2D eigenvalue weighted by atomic mass is 79.9. The first-order valence-electron chi connectivity index (χ1n) is 6.93. The fourth-order valence-corrected chi connectivity index (χ4v) is 3.75. The van der Waals surface area contributed by atoms with Crippen LogP contribution in [0.1, 0.15) is 10.4 Å². The Morgan fingerprint density at radius 2 is 1.88 bits per heavy atom. The average Bonchev–Trinajstić information content (AvgIpc) is 3.05. The molecule has 122 valence electrons. The first-order valence-corrected chi connectivity index (χ1v) is 8.60. The van der Waals surface area contributed by atoms with Crippen molar-refractivity contribution in [3.8, 4) is 21.6 Å². The summed E-state index contributed by atoms with van der Waals surface area (Å²) < 4.78 is 33.3. The normalized spacial score (nSPS) is 10.7. The van der Waals surface area contributed by atoms with Crippen LogP contribution in [-0.2, 0) is 4.74 Å². The number of halogens is 3. The van der Waals surface area contributed by atoms with Crippen LogP contribution in [0.15, 0.2) is 52.3 Å². The van der Waals surface area contributed by atoms with Gasteiger partial charge in [0, 0.05) is 26.0 Å². The number of hydrogen-bond acceptors (Lipinski definition) is 3. The van der Waals surface area contributed by atoms with Gasteiger partial charge in [0.05, 0.1) is 12.7 Å². The van der Waals surface area contributed by atoms with Gasteiger partial charge in [0.25, 0.3) is 0 Å². The molecule has 0 spiro atoms. The van der Waals surface area contributed by atoms with Crippen molar-refractivity contribution in [3.63, 3.8) is 0 Å². The van der Waals surface area contributed by atoms with Crippen molar-refractivity contribution in [1.29, 1.82) is 0 Å². The molecule has 1 heterocycles. The second-order valence-electron chi connectivity index (χ2n) is 4.95. The van der Waals surface area contributed by atoms with Crippen molar-refractivity contribution >= 4 is 33.2 Å². The van der Waals surface area contributed by atoms with E-state index in [2.05, 4.69) is 15.9 Å². The van der Waals surface area contributed by atoms with E-state index in [1.165, 1.54) is 30.6 Å². The van der Waals surface area contributed by atoms with Crippen LogP contribution in [0.25, 0.3) is 21.6 Å². The topological polar surface area (TPSA) is 26.3 Å². The molecule has 0 aliphatic carbocycles. The molecule has 0 amide bonds. The summed E-state index contributed by atoms with van der Waals surface area (Å²) in [6.45, 7) is 0. The van der Waals surface area contributed by atoms with Gasteiger partial charge in [-0.25, -0.2) is 13.6 Å². The molecule has 3 aromatic rings. The molecule has 0 radical (unpaired) electrons. The lowest BCUT2D eigenvalue weighted by atomic mass is 9.99. The number of methoxy groups -OCH3 is 1. The Morgan fingerprint density at radius 3 is 2.62 bits per heavy atom. The predicted molar refractivity (Wildman–Crippen MR) is 94.1 cm³/mol. The molecule has 6 heteroatoms. The van der Waals surface area contributed by atoms with Crippen LogP contribution in [0, 0.1) is 11.6 Å². The second-order valence-corrected chi connectivity index (χ2v) is 6.78. The Labute approximate surface area is 149 Å². The van der Waals surface area contributed by atoms with Crippen molar-refractivity contribution in [2.45, 2.75) is 0 Å². The fraction of sp³-hybridized carbons (Fsp3) is 0.0556. The molecule has 0 aliphatic rings. The van der Waals surface area contributed by atoms with Crippen LogP contribution < -0.4 is 0 Å². The van der Waals surface area contributed by atoms with Crippen molar-refractivity contribution in [3.05, 3.63) is 69.5 Å². The number of thiophene rings is 1. The van der Waals surface area contributed by atoms with Crippen molar-refractivity contribution in [2.24, 2.45) is 0 Å². The Morgan fingerprint density at radius 1 is 1.08 bits per heavy atom. The first-order chi connectivity index (χ1) is 11.5. The van der Waals surface area contributed by atoms with Crippen LogP contribution in [0.4, 0.5) is 8.78 Å². The summed E-state index contributed by atoms with van der Waals surface area (Å²) >= 11 is 4.68. The van der Waals surface area contributed by atoms with E-state index in [1.54, 1.807) is 29.6 Å². The van der Waals surface area contributed by atoms with Gasteiger partial charge in [-0.05, 0) is 29.6 Å². The van der Waals surface area contributed by atoms with Gasteiger partial charge in [-0.15, -0.1) is 11.3 Å². The van der Waals surface area contributed by atoms with E-state index in [4.69, 9.17) is 4.74 Å². The number of rotatable bonds is 3. The molecule has 3 rings (SSSR count). The summed E-state index contributed by atoms with van der Waals surface area (Å²) in [6, 6.07) is 10.9. The van der Waals surface area contributed by atoms with Crippen LogP contribution in [0.5, 0.6) is 0 Å². The number of carbonyl (C=O) groups is 1. The Balaban J connectivity index is 2.22. The Bertz CT molecular complexity index is 921. The summed E-state index contributed by atoms with van der Waals surface area (Å²) in [5, 5.41) is 1.78. The van der Waals surface area contributed by atoms with Crippen LogP contribution in [-0.4, -0.2) is 13.1 Å². The Kier molecular flexibility index (Phi) is 4.78. The minimum absolute atomic E-state index is 0.157. The monoisotopic (exact) mass is 408 g/mol. The first kappa shape index (κ1) is 16.8. The van der Waals surface area contributed by atoms with Gasteiger partial charge in [0.1, 0.15) is 0 Å². The van der Waals surface area contributed by atoms with E-state index in [0.29, 0.717) is 21.6 Å². The highest BCUT2D eigenvalue weighted by Crippen LogP contribution is 2.40. The number of carbonyl (C=O) groups excluding carboxylic acids is 1. The quantitative estimate of drug-likeness (QED) is 0.503.